The molecular weight excluding hydrogens is 709 g/mol. The van der Waals surface area contributed by atoms with Gasteiger partial charge in [-0.15, -0.1) is 11.3 Å². The highest BCUT2D eigenvalue weighted by atomic mass is 32.1. The van der Waals surface area contributed by atoms with E-state index in [0.29, 0.717) is 5.69 Å². The van der Waals surface area contributed by atoms with Gasteiger partial charge in [-0.1, -0.05) is 145 Å². The Morgan fingerprint density at radius 2 is 1.18 bits per heavy atom. The van der Waals surface area contributed by atoms with Crippen molar-refractivity contribution in [3.63, 3.8) is 0 Å². The Balaban J connectivity index is 1.20. The number of thiophene rings is 1. The lowest BCUT2D eigenvalue weighted by Crippen LogP contribution is -1.94. The molecule has 0 aliphatic carbocycles. The predicted octanol–water partition coefficient (Wildman–Crippen LogP) is 15.2. The van der Waals surface area contributed by atoms with Crippen molar-refractivity contribution in [1.82, 2.24) is 9.13 Å². The minimum Gasteiger partial charge on any atom is -0.309 e. The fraction of sp³-hybridized carbons (Fsp3) is 0. The zero-order chi connectivity index (χ0) is 54.9. The van der Waals surface area contributed by atoms with Gasteiger partial charge in [-0.2, -0.15) is 0 Å². The van der Waals surface area contributed by atoms with E-state index in [9.17, 15) is 12.3 Å². The Bertz CT molecular complexity index is 4670. The second kappa shape index (κ2) is 12.7. The molecule has 0 atom stereocenters. The van der Waals surface area contributed by atoms with E-state index in [2.05, 4.69) is 0 Å². The number of aromatic nitrogens is 2. The first-order chi connectivity index (χ1) is 36.6. The van der Waals surface area contributed by atoms with E-state index < -0.39 is 109 Å². The average Bonchev–Trinajstić information content (AvgIpc) is 4.08. The van der Waals surface area contributed by atoms with Gasteiger partial charge in [-0.25, -0.2) is 0 Å². The van der Waals surface area contributed by atoms with Crippen LogP contribution in [0.2, 0.25) is 0 Å². The third-order valence-corrected chi connectivity index (χ3v) is 11.3. The van der Waals surface area contributed by atoms with Crippen molar-refractivity contribution in [1.29, 1.82) is 0 Å². The van der Waals surface area contributed by atoms with E-state index in [1.807, 2.05) is 36.4 Å². The molecule has 3 heterocycles. The fourth-order valence-corrected chi connectivity index (χ4v) is 8.87. The molecule has 0 fully saturated rings. The number of benzene rings is 9. The average molecular weight is 763 g/mol. The van der Waals surface area contributed by atoms with Gasteiger partial charge in [0, 0.05) is 42.7 Å². The predicted molar refractivity (Wildman–Crippen MR) is 244 cm³/mol. The van der Waals surface area contributed by atoms with E-state index in [-0.39, 0.29) is 104 Å². The number of fused-ring (bicyclic) bond motifs is 9. The Labute approximate surface area is 361 Å². The van der Waals surface area contributed by atoms with E-state index in [1.165, 1.54) is 33.4 Å². The molecule has 0 radical (unpaired) electrons. The summed E-state index contributed by atoms with van der Waals surface area (Å²) in [6.07, 6.45) is 0. The molecule has 266 valence electrons. The third kappa shape index (κ3) is 4.96. The third-order valence-electron chi connectivity index (χ3n) is 10.2. The van der Waals surface area contributed by atoms with Crippen molar-refractivity contribution >= 4 is 75.1 Å². The van der Waals surface area contributed by atoms with Gasteiger partial charge in [-0.05, 0) is 93.9 Å². The number of para-hydroxylation sites is 2. The van der Waals surface area contributed by atoms with Gasteiger partial charge < -0.3 is 9.13 Å². The molecule has 12 aromatic rings. The normalized spacial score (nSPS) is 16.8. The molecule has 0 bridgehead atoms. The van der Waals surface area contributed by atoms with Crippen LogP contribution in [0.1, 0.15) is 27.4 Å². The summed E-state index contributed by atoms with van der Waals surface area (Å²) in [4.78, 5) is 0. The van der Waals surface area contributed by atoms with Gasteiger partial charge in [0.1, 0.15) is 0 Å². The van der Waals surface area contributed by atoms with Crippen molar-refractivity contribution in [3.05, 3.63) is 206 Å². The van der Waals surface area contributed by atoms with Gasteiger partial charge in [0.05, 0.1) is 59.9 Å². The summed E-state index contributed by atoms with van der Waals surface area (Å²) >= 11 is 0.928. The van der Waals surface area contributed by atoms with Crippen LogP contribution in [-0.4, -0.2) is 9.13 Å². The monoisotopic (exact) mass is 762 g/mol. The number of hydrogen-bond donors (Lipinski definition) is 0. The van der Waals surface area contributed by atoms with Crippen LogP contribution in [0.3, 0.4) is 0 Å². The van der Waals surface area contributed by atoms with Crippen LogP contribution in [0, 0.1) is 0 Å². The minimum absolute atomic E-state index is 0.00948. The highest BCUT2D eigenvalue weighted by molar-refractivity contribution is 7.26. The number of nitrogens with zero attached hydrogens (tertiary/aromatic N) is 2. The first-order valence-corrected chi connectivity index (χ1v) is 18.7. The summed E-state index contributed by atoms with van der Waals surface area (Å²) in [5.74, 6) is 0. The smallest absolute Gasteiger partial charge is 0.0645 e. The molecule has 3 heteroatoms. The van der Waals surface area contributed by atoms with Crippen LogP contribution in [-0.2, 0) is 0 Å². The first kappa shape index (κ1) is 18.2. The molecule has 0 spiro atoms. The largest absolute Gasteiger partial charge is 0.309 e. The van der Waals surface area contributed by atoms with Gasteiger partial charge >= 0.3 is 0 Å². The molecule has 12 rings (SSSR count). The summed E-state index contributed by atoms with van der Waals surface area (Å²) in [7, 11) is 0. The molecule has 0 aliphatic rings. The lowest BCUT2D eigenvalue weighted by molar-refractivity contribution is 1.18. The minimum atomic E-state index is -0.640. The van der Waals surface area contributed by atoms with Crippen LogP contribution in [0.5, 0.6) is 0 Å². The molecule has 9 aromatic carbocycles. The SMILES string of the molecule is [2H]c1cc(-n2c3cc([2H])c([2H])c([2H])c3c3c([2H])c(-c4cc([2H])c5c(c4[2H])c4c([2H])c([2H])c([2H])c([2H])c4n5-c4cccc(-c5ccccc5)c4)c([2H])c([2H])c32)c2sc3c([2H])c([2H])c([2H])c(-c4c([2H])c([2H])cc([2H])c4[2H])c3c2c1. The van der Waals surface area contributed by atoms with Crippen molar-refractivity contribution < 1.29 is 27.4 Å². The van der Waals surface area contributed by atoms with E-state index >= 15 is 0 Å². The maximum atomic E-state index is 10.0. The maximum Gasteiger partial charge on any atom is 0.0645 e. The summed E-state index contributed by atoms with van der Waals surface area (Å²) in [5.41, 5.74) is 0.811. The summed E-state index contributed by atoms with van der Waals surface area (Å²) in [6, 6.07) is 13.1. The zero-order valence-electron chi connectivity index (χ0n) is 49.4. The van der Waals surface area contributed by atoms with Crippen molar-refractivity contribution in [2.75, 3.05) is 0 Å². The quantitative estimate of drug-likeness (QED) is 0.165. The summed E-state index contributed by atoms with van der Waals surface area (Å²) in [5, 5.41) is -0.243. The topological polar surface area (TPSA) is 9.86 Å². The Morgan fingerprint density at radius 1 is 0.404 bits per heavy atom. The molecule has 3 aromatic heterocycles. The van der Waals surface area contributed by atoms with E-state index in [4.69, 9.17) is 15.1 Å². The number of hydrogen-bond acceptors (Lipinski definition) is 1. The molecular formula is C54H34N2S. The second-order valence-corrected chi connectivity index (χ2v) is 14.4. The lowest BCUT2D eigenvalue weighted by Gasteiger charge is -2.11. The van der Waals surface area contributed by atoms with Crippen LogP contribution in [0.15, 0.2) is 206 Å². The first-order valence-electron chi connectivity index (χ1n) is 27.9. The Morgan fingerprint density at radius 3 is 2.07 bits per heavy atom. The van der Waals surface area contributed by atoms with Crippen LogP contribution in [0.25, 0.3) is 109 Å². The molecule has 2 nitrogen and oxygen atoms in total. The molecule has 0 unspecified atom stereocenters. The van der Waals surface area contributed by atoms with Crippen LogP contribution in [0.4, 0.5) is 0 Å². The molecule has 57 heavy (non-hydrogen) atoms. The van der Waals surface area contributed by atoms with Crippen molar-refractivity contribution in [2.24, 2.45) is 0 Å². The number of rotatable bonds is 5. The van der Waals surface area contributed by atoms with Crippen molar-refractivity contribution in [3.8, 4) is 44.8 Å². The standard InChI is InChI=1S/C54H34N2S/c1-3-14-35(15-4-1)37-18-11-19-40(32-37)55-47-24-9-7-20-42(47)45-33-38(28-30-49(45)55)39-29-31-50-46(34-39)43-21-8-10-25-48(43)56(50)51-26-12-23-44-53-41(36-16-5-2-6-17-36)22-13-27-52(53)57-54(44)51/h1-34H/i5D,6D,7D,8D,9D,10D,12D,13D,16D,17D,20D,21D,22D,24D,27D,29D,30D,31D,33D,34D. The van der Waals surface area contributed by atoms with Crippen LogP contribution < -0.4 is 0 Å². The molecule has 0 aliphatic heterocycles. The summed E-state index contributed by atoms with van der Waals surface area (Å²) < 4.78 is 186. The molecule has 0 saturated carbocycles. The molecule has 0 N–H and O–H groups in total. The maximum absolute atomic E-state index is 10.0. The van der Waals surface area contributed by atoms with Crippen LogP contribution >= 0.6 is 11.3 Å². The van der Waals surface area contributed by atoms with Gasteiger partial charge in [0.2, 0.25) is 0 Å². The Kier molecular flexibility index (Phi) is 4.04. The lowest BCUT2D eigenvalue weighted by atomic mass is 9.99. The van der Waals surface area contributed by atoms with E-state index in [1.54, 1.807) is 18.2 Å². The summed E-state index contributed by atoms with van der Waals surface area (Å²) in [6.45, 7) is 0. The second-order valence-electron chi connectivity index (χ2n) is 13.3. The highest BCUT2D eigenvalue weighted by Gasteiger charge is 2.19. The zero-order valence-corrected chi connectivity index (χ0v) is 30.2. The highest BCUT2D eigenvalue weighted by Crippen LogP contribution is 2.45. The fourth-order valence-electron chi connectivity index (χ4n) is 7.73. The Hall–Kier alpha value is -7.20. The van der Waals surface area contributed by atoms with Crippen molar-refractivity contribution in [2.45, 2.75) is 0 Å². The molecule has 0 amide bonds. The van der Waals surface area contributed by atoms with Gasteiger partial charge in [0.25, 0.3) is 0 Å². The molecule has 0 saturated heterocycles. The van der Waals surface area contributed by atoms with Gasteiger partial charge in [0.15, 0.2) is 0 Å². The van der Waals surface area contributed by atoms with Gasteiger partial charge in [-0.3, -0.25) is 0 Å². The van der Waals surface area contributed by atoms with E-state index in [0.717, 1.165) is 28.5 Å².